The van der Waals surface area contributed by atoms with Gasteiger partial charge in [0.15, 0.2) is 23.1 Å². The summed E-state index contributed by atoms with van der Waals surface area (Å²) in [4.78, 5) is 6.69. The number of nitrogens with zero attached hydrogens (tertiary/aromatic N) is 4. The minimum Gasteiger partial charge on any atom is -0.493 e. The number of benzene rings is 1. The van der Waals surface area contributed by atoms with Crippen LogP contribution in [0.15, 0.2) is 24.4 Å². The van der Waals surface area contributed by atoms with Crippen molar-refractivity contribution in [1.82, 2.24) is 15.2 Å². The number of aromatic nitrogens is 3. The number of methoxy groups -OCH3 is 2. The highest BCUT2D eigenvalue weighted by atomic mass is 16.7. The first-order valence-electron chi connectivity index (χ1n) is 8.93. The van der Waals surface area contributed by atoms with Gasteiger partial charge in [0.05, 0.1) is 33.6 Å². The lowest BCUT2D eigenvalue weighted by molar-refractivity contribution is -0.169. The number of nitrogens with one attached hydrogen (secondary N) is 1. The number of ether oxygens (including phenoxy) is 4. The molecule has 1 aromatic heterocycles. The molecule has 2 aliphatic rings. The van der Waals surface area contributed by atoms with Crippen molar-refractivity contribution in [3.8, 4) is 11.5 Å². The van der Waals surface area contributed by atoms with E-state index in [1.807, 2.05) is 18.2 Å². The Labute approximate surface area is 157 Å². The molecule has 0 radical (unpaired) electrons. The van der Waals surface area contributed by atoms with Gasteiger partial charge in [-0.2, -0.15) is 10.1 Å². The Balaban J connectivity index is 1.45. The highest BCUT2D eigenvalue weighted by Crippen LogP contribution is 2.33. The molecule has 2 fully saturated rings. The number of hydrogen-bond donors (Lipinski definition) is 1. The zero-order valence-electron chi connectivity index (χ0n) is 15.5. The molecule has 1 aromatic carbocycles. The zero-order chi connectivity index (χ0) is 18.7. The maximum absolute atomic E-state index is 5.77. The number of hydrogen-bond acceptors (Lipinski definition) is 9. The molecule has 1 N–H and O–H groups in total. The molecule has 0 amide bonds. The van der Waals surface area contributed by atoms with Gasteiger partial charge in [0.2, 0.25) is 5.95 Å². The standard InChI is InChI=1S/C18H23N5O4/c1-24-14-4-3-13(11-15(14)25-2)20-16-12-19-22-17(21-16)23-7-5-18(6-8-23)26-9-10-27-18/h3-4,11-12H,5-10H2,1-2H3,(H,20,21,22). The smallest absolute Gasteiger partial charge is 0.247 e. The Morgan fingerprint density at radius 2 is 1.81 bits per heavy atom. The summed E-state index contributed by atoms with van der Waals surface area (Å²) in [5, 5.41) is 11.5. The van der Waals surface area contributed by atoms with Crippen LogP contribution in [0.5, 0.6) is 11.5 Å². The third-order valence-corrected chi connectivity index (χ3v) is 4.83. The van der Waals surface area contributed by atoms with Gasteiger partial charge >= 0.3 is 0 Å². The van der Waals surface area contributed by atoms with Gasteiger partial charge < -0.3 is 29.2 Å². The van der Waals surface area contributed by atoms with E-state index < -0.39 is 5.79 Å². The van der Waals surface area contributed by atoms with Crippen molar-refractivity contribution in [3.63, 3.8) is 0 Å². The Bertz CT molecular complexity index is 787. The van der Waals surface area contributed by atoms with E-state index in [1.165, 1.54) is 0 Å². The topological polar surface area (TPSA) is 90.9 Å². The van der Waals surface area contributed by atoms with Crippen molar-refractivity contribution < 1.29 is 18.9 Å². The molecule has 9 nitrogen and oxygen atoms in total. The summed E-state index contributed by atoms with van der Waals surface area (Å²) in [6, 6.07) is 5.57. The molecule has 4 rings (SSSR count). The van der Waals surface area contributed by atoms with Gasteiger partial charge in [-0.15, -0.1) is 5.10 Å². The average Bonchev–Trinajstić information content (AvgIpc) is 3.16. The highest BCUT2D eigenvalue weighted by Gasteiger charge is 2.40. The average molecular weight is 373 g/mol. The molecule has 0 bridgehead atoms. The van der Waals surface area contributed by atoms with E-state index in [4.69, 9.17) is 18.9 Å². The Morgan fingerprint density at radius 3 is 2.52 bits per heavy atom. The lowest BCUT2D eigenvalue weighted by Crippen LogP contribution is -2.45. The molecule has 2 aromatic rings. The summed E-state index contributed by atoms with van der Waals surface area (Å²) >= 11 is 0. The molecular formula is C18H23N5O4. The van der Waals surface area contributed by atoms with Crippen LogP contribution >= 0.6 is 0 Å². The van der Waals surface area contributed by atoms with Crippen molar-refractivity contribution >= 4 is 17.5 Å². The Morgan fingerprint density at radius 1 is 1.07 bits per heavy atom. The highest BCUT2D eigenvalue weighted by molar-refractivity contribution is 5.61. The molecule has 2 aliphatic heterocycles. The molecule has 1 spiro atoms. The molecular weight excluding hydrogens is 350 g/mol. The first-order valence-corrected chi connectivity index (χ1v) is 8.93. The monoisotopic (exact) mass is 373 g/mol. The molecule has 0 unspecified atom stereocenters. The quantitative estimate of drug-likeness (QED) is 0.844. The van der Waals surface area contributed by atoms with Crippen molar-refractivity contribution in [3.05, 3.63) is 24.4 Å². The second-order valence-corrected chi connectivity index (χ2v) is 6.43. The molecule has 2 saturated heterocycles. The van der Waals surface area contributed by atoms with Crippen molar-refractivity contribution in [2.24, 2.45) is 0 Å². The van der Waals surface area contributed by atoms with Crippen LogP contribution in [0.1, 0.15) is 12.8 Å². The van der Waals surface area contributed by atoms with Gasteiger partial charge in [0.1, 0.15) is 0 Å². The second-order valence-electron chi connectivity index (χ2n) is 6.43. The SMILES string of the molecule is COc1ccc(Nc2cnnc(N3CCC4(CC3)OCCO4)n2)cc1OC. The van der Waals surface area contributed by atoms with Crippen LogP contribution in [0.25, 0.3) is 0 Å². The minimum atomic E-state index is -0.417. The lowest BCUT2D eigenvalue weighted by Gasteiger charge is -2.37. The molecule has 0 atom stereocenters. The largest absolute Gasteiger partial charge is 0.493 e. The summed E-state index contributed by atoms with van der Waals surface area (Å²) in [7, 11) is 3.21. The molecule has 0 saturated carbocycles. The van der Waals surface area contributed by atoms with E-state index in [0.29, 0.717) is 36.5 Å². The fourth-order valence-corrected chi connectivity index (χ4v) is 3.38. The minimum absolute atomic E-state index is 0.417. The van der Waals surface area contributed by atoms with Crippen LogP contribution in [0, 0.1) is 0 Å². The number of piperidine rings is 1. The molecule has 9 heteroatoms. The van der Waals surface area contributed by atoms with Crippen LogP contribution in [0.2, 0.25) is 0 Å². The van der Waals surface area contributed by atoms with Gasteiger partial charge in [-0.3, -0.25) is 0 Å². The third-order valence-electron chi connectivity index (χ3n) is 4.83. The summed E-state index contributed by atoms with van der Waals surface area (Å²) in [6.45, 7) is 2.87. The molecule has 144 valence electrons. The Kier molecular flexibility index (Phi) is 4.95. The van der Waals surface area contributed by atoms with E-state index in [2.05, 4.69) is 25.4 Å². The van der Waals surface area contributed by atoms with E-state index in [0.717, 1.165) is 31.6 Å². The summed E-state index contributed by atoms with van der Waals surface area (Å²) in [5.41, 5.74) is 0.824. The van der Waals surface area contributed by atoms with Crippen LogP contribution in [0.4, 0.5) is 17.5 Å². The van der Waals surface area contributed by atoms with Gasteiger partial charge in [-0.25, -0.2) is 0 Å². The van der Waals surface area contributed by atoms with Crippen molar-refractivity contribution in [1.29, 1.82) is 0 Å². The second kappa shape index (κ2) is 7.53. The fraction of sp³-hybridized carbons (Fsp3) is 0.500. The zero-order valence-corrected chi connectivity index (χ0v) is 15.5. The van der Waals surface area contributed by atoms with Crippen LogP contribution < -0.4 is 19.7 Å². The van der Waals surface area contributed by atoms with Crippen LogP contribution in [-0.4, -0.2) is 61.5 Å². The molecule has 0 aliphatic carbocycles. The number of anilines is 3. The van der Waals surface area contributed by atoms with Crippen LogP contribution in [0.3, 0.4) is 0 Å². The third kappa shape index (κ3) is 3.74. The van der Waals surface area contributed by atoms with Gasteiger partial charge in [0, 0.05) is 37.7 Å². The van der Waals surface area contributed by atoms with E-state index >= 15 is 0 Å². The lowest BCUT2D eigenvalue weighted by atomic mass is 10.0. The predicted molar refractivity (Wildman–Crippen MR) is 98.7 cm³/mol. The summed E-state index contributed by atoms with van der Waals surface area (Å²) < 4.78 is 22.1. The summed E-state index contributed by atoms with van der Waals surface area (Å²) in [6.07, 6.45) is 3.18. The first kappa shape index (κ1) is 17.7. The van der Waals surface area contributed by atoms with E-state index in [-0.39, 0.29) is 0 Å². The maximum Gasteiger partial charge on any atom is 0.247 e. The van der Waals surface area contributed by atoms with E-state index in [1.54, 1.807) is 20.4 Å². The maximum atomic E-state index is 5.77. The van der Waals surface area contributed by atoms with Crippen molar-refractivity contribution in [2.45, 2.75) is 18.6 Å². The van der Waals surface area contributed by atoms with Gasteiger partial charge in [-0.1, -0.05) is 0 Å². The predicted octanol–water partition coefficient (Wildman–Crippen LogP) is 1.98. The van der Waals surface area contributed by atoms with Gasteiger partial charge in [-0.05, 0) is 12.1 Å². The first-order chi connectivity index (χ1) is 13.2. The van der Waals surface area contributed by atoms with Crippen molar-refractivity contribution in [2.75, 3.05) is 50.7 Å². The molecule has 3 heterocycles. The van der Waals surface area contributed by atoms with E-state index in [9.17, 15) is 0 Å². The number of rotatable bonds is 5. The molecule has 27 heavy (non-hydrogen) atoms. The van der Waals surface area contributed by atoms with Gasteiger partial charge in [0.25, 0.3) is 0 Å². The normalized spacial score (nSPS) is 18.5. The summed E-state index contributed by atoms with van der Waals surface area (Å²) in [5.74, 6) is 2.10. The fourth-order valence-electron chi connectivity index (χ4n) is 3.38. The van der Waals surface area contributed by atoms with Crippen LogP contribution in [-0.2, 0) is 9.47 Å². The Hall–Kier alpha value is -2.65.